The van der Waals surface area contributed by atoms with E-state index in [0.717, 1.165) is 31.4 Å². The molecule has 3 N–H and O–H groups in total. The van der Waals surface area contributed by atoms with Gasteiger partial charge in [-0.2, -0.15) is 5.10 Å². The highest BCUT2D eigenvalue weighted by molar-refractivity contribution is 5.95. The maximum absolute atomic E-state index is 13.0. The summed E-state index contributed by atoms with van der Waals surface area (Å²) in [6.45, 7) is 5.12. The lowest BCUT2D eigenvalue weighted by atomic mass is 9.97. The van der Waals surface area contributed by atoms with Crippen molar-refractivity contribution in [3.05, 3.63) is 42.2 Å². The fourth-order valence-electron chi connectivity index (χ4n) is 3.32. The van der Waals surface area contributed by atoms with Crippen LogP contribution in [0, 0.1) is 5.92 Å². The van der Waals surface area contributed by atoms with Crippen molar-refractivity contribution >= 4 is 18.3 Å². The van der Waals surface area contributed by atoms with E-state index < -0.39 is 0 Å². The van der Waals surface area contributed by atoms with E-state index in [9.17, 15) is 4.79 Å². The second-order valence-corrected chi connectivity index (χ2v) is 7.47. The SMILES string of the molecule is CC(C)COc1cn(-c2ccccc2)nc1C(=O)NC1(CN)CCCC1.Cl. The van der Waals surface area contributed by atoms with Crippen molar-refractivity contribution in [2.75, 3.05) is 13.2 Å². The number of para-hydroxylation sites is 1. The van der Waals surface area contributed by atoms with E-state index in [1.165, 1.54) is 0 Å². The molecule has 3 rings (SSSR count). The zero-order valence-electron chi connectivity index (χ0n) is 16.0. The quantitative estimate of drug-likeness (QED) is 0.757. The minimum Gasteiger partial charge on any atom is -0.489 e. The standard InChI is InChI=1S/C20H28N4O2.ClH/c1-15(2)13-26-17-12-24(16-8-4-3-5-9-16)23-18(17)19(25)22-20(14-21)10-6-7-11-20;/h3-5,8-9,12,15H,6-7,10-11,13-14,21H2,1-2H3,(H,22,25);1H. The van der Waals surface area contributed by atoms with Gasteiger partial charge in [-0.05, 0) is 30.9 Å². The first-order chi connectivity index (χ1) is 12.5. The number of hydrogen-bond donors (Lipinski definition) is 2. The van der Waals surface area contributed by atoms with Gasteiger partial charge in [0.1, 0.15) is 0 Å². The number of rotatable bonds is 7. The predicted octanol–water partition coefficient (Wildman–Crippen LogP) is 3.33. The van der Waals surface area contributed by atoms with E-state index in [0.29, 0.717) is 30.5 Å². The largest absolute Gasteiger partial charge is 0.489 e. The van der Waals surface area contributed by atoms with Gasteiger partial charge >= 0.3 is 0 Å². The monoisotopic (exact) mass is 392 g/mol. The Morgan fingerprint density at radius 1 is 1.30 bits per heavy atom. The van der Waals surface area contributed by atoms with Crippen LogP contribution in [0.2, 0.25) is 0 Å². The molecule has 0 saturated heterocycles. The number of amides is 1. The Bertz CT molecular complexity index is 740. The summed E-state index contributed by atoms with van der Waals surface area (Å²) in [5.74, 6) is 0.646. The highest BCUT2D eigenvalue weighted by Crippen LogP contribution is 2.30. The van der Waals surface area contributed by atoms with Gasteiger partial charge in [-0.15, -0.1) is 12.4 Å². The molecule has 1 heterocycles. The zero-order valence-corrected chi connectivity index (χ0v) is 16.8. The maximum atomic E-state index is 13.0. The molecule has 0 aliphatic heterocycles. The molecule has 1 aliphatic carbocycles. The third-order valence-electron chi connectivity index (χ3n) is 4.82. The molecule has 0 atom stereocenters. The molecular weight excluding hydrogens is 364 g/mol. The normalized spacial score (nSPS) is 15.4. The number of hydrogen-bond acceptors (Lipinski definition) is 4. The lowest BCUT2D eigenvalue weighted by molar-refractivity contribution is 0.0892. The van der Waals surface area contributed by atoms with Crippen LogP contribution in [0.25, 0.3) is 5.69 Å². The second-order valence-electron chi connectivity index (χ2n) is 7.47. The molecule has 1 aliphatic rings. The zero-order chi connectivity index (χ0) is 18.6. The van der Waals surface area contributed by atoms with Crippen LogP contribution in [0.4, 0.5) is 0 Å². The first-order valence-corrected chi connectivity index (χ1v) is 9.33. The number of aromatic nitrogens is 2. The minimum atomic E-state index is -0.317. The molecular formula is C20H29ClN4O2. The van der Waals surface area contributed by atoms with Gasteiger partial charge in [0.2, 0.25) is 0 Å². The van der Waals surface area contributed by atoms with Crippen LogP contribution in [0.3, 0.4) is 0 Å². The van der Waals surface area contributed by atoms with Crippen molar-refractivity contribution in [2.24, 2.45) is 11.7 Å². The number of ether oxygens (including phenoxy) is 1. The molecule has 2 aromatic rings. The molecule has 0 bridgehead atoms. The summed E-state index contributed by atoms with van der Waals surface area (Å²) in [6, 6.07) is 9.71. The Labute approximate surface area is 166 Å². The Balaban J connectivity index is 0.00000261. The summed E-state index contributed by atoms with van der Waals surface area (Å²) >= 11 is 0. The van der Waals surface area contributed by atoms with Crippen molar-refractivity contribution in [3.63, 3.8) is 0 Å². The van der Waals surface area contributed by atoms with Crippen LogP contribution in [-0.2, 0) is 0 Å². The fraction of sp³-hybridized carbons (Fsp3) is 0.500. The topological polar surface area (TPSA) is 82.2 Å². The Hall–Kier alpha value is -2.05. The molecule has 0 radical (unpaired) electrons. The van der Waals surface area contributed by atoms with Gasteiger partial charge in [-0.25, -0.2) is 4.68 Å². The summed E-state index contributed by atoms with van der Waals surface area (Å²) in [7, 11) is 0. The molecule has 1 fully saturated rings. The van der Waals surface area contributed by atoms with Gasteiger partial charge in [0.15, 0.2) is 11.4 Å². The van der Waals surface area contributed by atoms with Crippen LogP contribution in [0.1, 0.15) is 50.0 Å². The summed E-state index contributed by atoms with van der Waals surface area (Å²) in [4.78, 5) is 13.0. The second kappa shape index (κ2) is 9.24. The molecule has 6 nitrogen and oxygen atoms in total. The molecule has 0 spiro atoms. The first kappa shape index (κ1) is 21.3. The van der Waals surface area contributed by atoms with Gasteiger partial charge in [0.25, 0.3) is 5.91 Å². The van der Waals surface area contributed by atoms with Crippen molar-refractivity contribution < 1.29 is 9.53 Å². The molecule has 1 amide bonds. The first-order valence-electron chi connectivity index (χ1n) is 9.33. The van der Waals surface area contributed by atoms with E-state index in [2.05, 4.69) is 24.3 Å². The number of carbonyl (C=O) groups is 1. The number of halogens is 1. The lowest BCUT2D eigenvalue weighted by Gasteiger charge is -2.28. The molecule has 1 aromatic carbocycles. The van der Waals surface area contributed by atoms with Gasteiger partial charge < -0.3 is 15.8 Å². The van der Waals surface area contributed by atoms with E-state index in [4.69, 9.17) is 10.5 Å². The van der Waals surface area contributed by atoms with Crippen LogP contribution in [-0.4, -0.2) is 34.4 Å². The summed E-state index contributed by atoms with van der Waals surface area (Å²) < 4.78 is 7.57. The third-order valence-corrected chi connectivity index (χ3v) is 4.82. The average Bonchev–Trinajstić information content (AvgIpc) is 3.28. The molecule has 27 heavy (non-hydrogen) atoms. The summed E-state index contributed by atoms with van der Waals surface area (Å²) in [6.07, 6.45) is 5.78. The third kappa shape index (κ3) is 5.02. The predicted molar refractivity (Wildman–Crippen MR) is 109 cm³/mol. The van der Waals surface area contributed by atoms with Crippen LogP contribution < -0.4 is 15.8 Å². The number of carbonyl (C=O) groups excluding carboxylic acids is 1. The number of nitrogens with zero attached hydrogens (tertiary/aromatic N) is 2. The Morgan fingerprint density at radius 2 is 1.96 bits per heavy atom. The Kier molecular flexibility index (Phi) is 7.27. The number of benzene rings is 1. The summed E-state index contributed by atoms with van der Waals surface area (Å²) in [5.41, 5.74) is 6.84. The number of nitrogens with one attached hydrogen (secondary N) is 1. The lowest BCUT2D eigenvalue weighted by Crippen LogP contribution is -2.51. The highest BCUT2D eigenvalue weighted by atomic mass is 35.5. The smallest absolute Gasteiger partial charge is 0.276 e. The van der Waals surface area contributed by atoms with Crippen molar-refractivity contribution in [2.45, 2.75) is 45.1 Å². The average molecular weight is 393 g/mol. The van der Waals surface area contributed by atoms with Crippen LogP contribution in [0.15, 0.2) is 36.5 Å². The van der Waals surface area contributed by atoms with Crippen LogP contribution >= 0.6 is 12.4 Å². The van der Waals surface area contributed by atoms with Crippen molar-refractivity contribution in [3.8, 4) is 11.4 Å². The van der Waals surface area contributed by atoms with Crippen molar-refractivity contribution in [1.82, 2.24) is 15.1 Å². The molecule has 7 heteroatoms. The maximum Gasteiger partial charge on any atom is 0.276 e. The fourth-order valence-corrected chi connectivity index (χ4v) is 3.32. The van der Waals surface area contributed by atoms with Gasteiger partial charge in [-0.3, -0.25) is 4.79 Å². The van der Waals surface area contributed by atoms with E-state index in [1.807, 2.05) is 30.3 Å². The van der Waals surface area contributed by atoms with E-state index in [1.54, 1.807) is 10.9 Å². The summed E-state index contributed by atoms with van der Waals surface area (Å²) in [5, 5.41) is 7.64. The van der Waals surface area contributed by atoms with Gasteiger partial charge in [0, 0.05) is 6.54 Å². The van der Waals surface area contributed by atoms with Gasteiger partial charge in [-0.1, -0.05) is 44.9 Å². The van der Waals surface area contributed by atoms with E-state index in [-0.39, 0.29) is 23.9 Å². The van der Waals surface area contributed by atoms with Gasteiger partial charge in [0.05, 0.1) is 24.0 Å². The molecule has 1 saturated carbocycles. The molecule has 1 aromatic heterocycles. The van der Waals surface area contributed by atoms with Crippen LogP contribution in [0.5, 0.6) is 5.75 Å². The molecule has 0 unspecified atom stereocenters. The highest BCUT2D eigenvalue weighted by Gasteiger charge is 2.35. The number of nitrogens with two attached hydrogens (primary N) is 1. The van der Waals surface area contributed by atoms with Crippen molar-refractivity contribution in [1.29, 1.82) is 0 Å². The molecule has 148 valence electrons. The van der Waals surface area contributed by atoms with E-state index >= 15 is 0 Å². The minimum absolute atomic E-state index is 0. The Morgan fingerprint density at radius 3 is 2.56 bits per heavy atom.